The van der Waals surface area contributed by atoms with Crippen molar-refractivity contribution in [2.45, 2.75) is 56.2 Å². The number of benzene rings is 1. The molecule has 4 atom stereocenters. The first kappa shape index (κ1) is 22.1. The molecule has 0 amide bonds. The molecule has 2 heterocycles. The highest BCUT2D eigenvalue weighted by atomic mass is 16.7. The van der Waals surface area contributed by atoms with Crippen LogP contribution in [0.2, 0.25) is 0 Å². The van der Waals surface area contributed by atoms with Gasteiger partial charge < -0.3 is 29.9 Å². The van der Waals surface area contributed by atoms with Crippen molar-refractivity contribution in [1.82, 2.24) is 0 Å². The number of carboxylic acids is 1. The van der Waals surface area contributed by atoms with Crippen molar-refractivity contribution in [1.29, 1.82) is 0 Å². The summed E-state index contributed by atoms with van der Waals surface area (Å²) in [6, 6.07) is 3.62. The molecule has 1 aromatic carbocycles. The highest BCUT2D eigenvalue weighted by Gasteiger charge is 2.79. The van der Waals surface area contributed by atoms with Crippen LogP contribution < -0.4 is 0 Å². The van der Waals surface area contributed by atoms with Crippen LogP contribution >= 0.6 is 0 Å². The number of carboxylic acid groups (broad SMARTS) is 1. The van der Waals surface area contributed by atoms with Crippen molar-refractivity contribution < 1.29 is 49.1 Å². The van der Waals surface area contributed by atoms with Crippen LogP contribution in [0.5, 0.6) is 5.75 Å². The maximum Gasteiger partial charge on any atom is 0.305 e. The molecule has 4 rings (SSSR count). The number of aliphatic carboxylic acids is 1. The topological polar surface area (TPSA) is 168 Å². The SMILES string of the molecule is CC(C)C1=CC(=O)C[C@]2(O1)O[C@H](CC(=O)O)C[C@]1(O)C(=O)c3cccc(O)c3C(=O)[C@@]21O. The van der Waals surface area contributed by atoms with E-state index in [1.165, 1.54) is 12.1 Å². The van der Waals surface area contributed by atoms with Crippen LogP contribution in [-0.4, -0.2) is 66.8 Å². The van der Waals surface area contributed by atoms with Crippen LogP contribution in [0.25, 0.3) is 0 Å². The molecule has 1 saturated heterocycles. The number of rotatable bonds is 3. The van der Waals surface area contributed by atoms with Gasteiger partial charge in [0.15, 0.2) is 17.2 Å². The lowest BCUT2D eigenvalue weighted by molar-refractivity contribution is -0.367. The number of Topliss-reactive ketones (excluding diaryl/α,β-unsaturated/α-hetero) is 2. The number of aromatic hydroxyl groups is 1. The zero-order valence-corrected chi connectivity index (χ0v) is 17.3. The molecule has 1 fully saturated rings. The third kappa shape index (κ3) is 2.76. The van der Waals surface area contributed by atoms with Gasteiger partial charge in [0, 0.05) is 24.0 Å². The molecule has 2 aliphatic heterocycles. The third-order valence-corrected chi connectivity index (χ3v) is 6.21. The molecule has 32 heavy (non-hydrogen) atoms. The number of phenols is 1. The highest BCUT2D eigenvalue weighted by Crippen LogP contribution is 2.55. The predicted molar refractivity (Wildman–Crippen MR) is 105 cm³/mol. The van der Waals surface area contributed by atoms with Gasteiger partial charge in [0.05, 0.1) is 24.5 Å². The fourth-order valence-electron chi connectivity index (χ4n) is 4.73. The second kappa shape index (κ2) is 6.96. The van der Waals surface area contributed by atoms with Gasteiger partial charge >= 0.3 is 5.97 Å². The summed E-state index contributed by atoms with van der Waals surface area (Å²) < 4.78 is 11.6. The molecule has 1 spiro atoms. The van der Waals surface area contributed by atoms with Crippen LogP contribution in [-0.2, 0) is 19.1 Å². The van der Waals surface area contributed by atoms with E-state index in [9.17, 15) is 39.6 Å². The quantitative estimate of drug-likeness (QED) is 0.519. The normalized spacial score (nSPS) is 34.1. The Kier molecular flexibility index (Phi) is 4.81. The molecule has 0 aromatic heterocycles. The molecule has 0 unspecified atom stereocenters. The molecule has 1 aromatic rings. The van der Waals surface area contributed by atoms with Gasteiger partial charge in [-0.1, -0.05) is 26.0 Å². The van der Waals surface area contributed by atoms with Crippen LogP contribution in [0.3, 0.4) is 0 Å². The molecule has 0 radical (unpaired) electrons. The summed E-state index contributed by atoms with van der Waals surface area (Å²) in [4.78, 5) is 51.0. The summed E-state index contributed by atoms with van der Waals surface area (Å²) in [7, 11) is 0. The molecular formula is C22H22O10. The van der Waals surface area contributed by atoms with Crippen LogP contribution in [0.1, 0.15) is 53.8 Å². The molecule has 10 nitrogen and oxygen atoms in total. The Bertz CT molecular complexity index is 1090. The second-order valence-electron chi connectivity index (χ2n) is 8.67. The standard InChI is InChI=1S/C22H22O10/c1-10(2)15-6-11(23)8-21(32-15)22(30)19(28)17-13(4-3-5-14(17)24)18(27)20(22,29)9-12(31-21)7-16(25)26/h3-6,10,12,24,29-30H,7-9H2,1-2H3,(H,25,26)/t12-,20+,21-,22+/m1/s1. The monoisotopic (exact) mass is 446 g/mol. The summed E-state index contributed by atoms with van der Waals surface area (Å²) in [5.74, 6) is -7.90. The van der Waals surface area contributed by atoms with Gasteiger partial charge in [-0.2, -0.15) is 0 Å². The summed E-state index contributed by atoms with van der Waals surface area (Å²) in [5.41, 5.74) is -6.89. The lowest BCUT2D eigenvalue weighted by Crippen LogP contribution is -2.81. The number of hydrogen-bond acceptors (Lipinski definition) is 9. The van der Waals surface area contributed by atoms with Gasteiger partial charge in [-0.15, -0.1) is 0 Å². The fourth-order valence-corrected chi connectivity index (χ4v) is 4.73. The van der Waals surface area contributed by atoms with Gasteiger partial charge in [0.1, 0.15) is 11.5 Å². The van der Waals surface area contributed by atoms with E-state index in [0.29, 0.717) is 0 Å². The Hall–Kier alpha value is -3.08. The average molecular weight is 446 g/mol. The average Bonchev–Trinajstić information content (AvgIpc) is 2.68. The number of phenolic OH excluding ortho intramolecular Hbond substituents is 1. The maximum atomic E-state index is 13.6. The van der Waals surface area contributed by atoms with Crippen molar-refractivity contribution in [2.75, 3.05) is 0 Å². The Morgan fingerprint density at radius 1 is 1.19 bits per heavy atom. The molecule has 10 heteroatoms. The smallest absolute Gasteiger partial charge is 0.305 e. The third-order valence-electron chi connectivity index (χ3n) is 6.21. The Morgan fingerprint density at radius 3 is 2.50 bits per heavy atom. The largest absolute Gasteiger partial charge is 0.507 e. The predicted octanol–water partition coefficient (Wildman–Crippen LogP) is 0.723. The lowest BCUT2D eigenvalue weighted by atomic mass is 9.59. The number of carbonyl (C=O) groups excluding carboxylic acids is 3. The molecule has 0 bridgehead atoms. The number of carbonyl (C=O) groups is 4. The first-order chi connectivity index (χ1) is 14.9. The number of allylic oxidation sites excluding steroid dienone is 2. The molecule has 1 aliphatic carbocycles. The van der Waals surface area contributed by atoms with Gasteiger partial charge in [0.25, 0.3) is 5.79 Å². The van der Waals surface area contributed by atoms with Crippen molar-refractivity contribution in [3.05, 3.63) is 41.2 Å². The minimum Gasteiger partial charge on any atom is -0.507 e. The van der Waals surface area contributed by atoms with E-state index in [-0.39, 0.29) is 11.3 Å². The van der Waals surface area contributed by atoms with E-state index in [2.05, 4.69) is 0 Å². The van der Waals surface area contributed by atoms with E-state index in [1.54, 1.807) is 13.8 Å². The molecular weight excluding hydrogens is 424 g/mol. The molecule has 0 saturated carbocycles. The van der Waals surface area contributed by atoms with Crippen molar-refractivity contribution in [3.63, 3.8) is 0 Å². The number of fused-ring (bicyclic) bond motifs is 3. The van der Waals surface area contributed by atoms with Crippen LogP contribution in [0, 0.1) is 5.92 Å². The van der Waals surface area contributed by atoms with E-state index >= 15 is 0 Å². The van der Waals surface area contributed by atoms with Gasteiger partial charge in [-0.05, 0) is 6.07 Å². The molecule has 170 valence electrons. The minimum atomic E-state index is -3.14. The lowest BCUT2D eigenvalue weighted by Gasteiger charge is -2.59. The number of ether oxygens (including phenoxy) is 2. The Morgan fingerprint density at radius 2 is 1.88 bits per heavy atom. The van der Waals surface area contributed by atoms with Gasteiger partial charge in [-0.3, -0.25) is 19.2 Å². The van der Waals surface area contributed by atoms with Crippen molar-refractivity contribution >= 4 is 23.3 Å². The second-order valence-corrected chi connectivity index (χ2v) is 8.67. The first-order valence-corrected chi connectivity index (χ1v) is 10.1. The Balaban J connectivity index is 2.00. The first-order valence-electron chi connectivity index (χ1n) is 10.1. The van der Waals surface area contributed by atoms with E-state index in [4.69, 9.17) is 9.47 Å². The zero-order chi connectivity index (χ0) is 23.6. The van der Waals surface area contributed by atoms with E-state index < -0.39 is 82.9 Å². The summed E-state index contributed by atoms with van der Waals surface area (Å²) in [6.07, 6.45) is -2.40. The highest BCUT2D eigenvalue weighted by molar-refractivity contribution is 6.24. The van der Waals surface area contributed by atoms with Crippen LogP contribution in [0.15, 0.2) is 30.0 Å². The van der Waals surface area contributed by atoms with Crippen molar-refractivity contribution in [3.8, 4) is 5.75 Å². The van der Waals surface area contributed by atoms with Gasteiger partial charge in [-0.25, -0.2) is 0 Å². The van der Waals surface area contributed by atoms with Gasteiger partial charge in [0.2, 0.25) is 11.4 Å². The van der Waals surface area contributed by atoms with E-state index in [1.807, 2.05) is 0 Å². The minimum absolute atomic E-state index is 0.0244. The molecule has 4 N–H and O–H groups in total. The van der Waals surface area contributed by atoms with Crippen molar-refractivity contribution in [2.24, 2.45) is 5.92 Å². The summed E-state index contributed by atoms with van der Waals surface area (Å²) in [5, 5.41) is 42.9. The zero-order valence-electron chi connectivity index (χ0n) is 17.3. The van der Waals surface area contributed by atoms with E-state index in [0.717, 1.165) is 12.1 Å². The van der Waals surface area contributed by atoms with Crippen LogP contribution in [0.4, 0.5) is 0 Å². The number of aliphatic hydroxyl groups is 2. The Labute approximate surface area is 182 Å². The maximum absolute atomic E-state index is 13.6. The fraction of sp³-hybridized carbons (Fsp3) is 0.455. The summed E-state index contributed by atoms with van der Waals surface area (Å²) in [6.45, 7) is 3.34. The molecule has 3 aliphatic rings. The number of ketones is 3. The summed E-state index contributed by atoms with van der Waals surface area (Å²) >= 11 is 0. The number of hydrogen-bond donors (Lipinski definition) is 4.